The third kappa shape index (κ3) is 3.21. The van der Waals surface area contributed by atoms with Gasteiger partial charge in [-0.1, -0.05) is 6.92 Å². The number of nitrogens with zero attached hydrogens (tertiary/aromatic N) is 1. The Morgan fingerprint density at radius 3 is 2.71 bits per heavy atom. The summed E-state index contributed by atoms with van der Waals surface area (Å²) in [4.78, 5) is 2.65. The Kier molecular flexibility index (Phi) is 4.45. The Hall–Kier alpha value is -0.120. The molecule has 0 bridgehead atoms. The van der Waals surface area contributed by atoms with Crippen molar-refractivity contribution in [1.82, 2.24) is 10.2 Å². The van der Waals surface area contributed by atoms with Gasteiger partial charge in [0.2, 0.25) is 0 Å². The summed E-state index contributed by atoms with van der Waals surface area (Å²) in [7, 11) is 0. The second-order valence-electron chi connectivity index (χ2n) is 5.82. The second kappa shape index (κ2) is 5.68. The molecule has 0 amide bonds. The number of hydrogen-bond acceptors (Lipinski definition) is 3. The summed E-state index contributed by atoms with van der Waals surface area (Å²) in [5, 5.41) is 3.76. The van der Waals surface area contributed by atoms with Crippen LogP contribution in [0, 0.1) is 5.92 Å². The summed E-state index contributed by atoms with van der Waals surface area (Å²) in [6, 6.07) is 0.733. The minimum Gasteiger partial charge on any atom is -0.380 e. The van der Waals surface area contributed by atoms with Gasteiger partial charge in [0.05, 0.1) is 6.61 Å². The SMILES string of the molecule is CCOCCN1CC(C2CC2)NCC1(C)CC. The predicted molar refractivity (Wildman–Crippen MR) is 71.3 cm³/mol. The van der Waals surface area contributed by atoms with Gasteiger partial charge in [0.15, 0.2) is 0 Å². The molecule has 2 fully saturated rings. The molecule has 1 saturated carbocycles. The fraction of sp³-hybridized carbons (Fsp3) is 1.00. The molecule has 0 radical (unpaired) electrons. The normalized spacial score (nSPS) is 35.1. The average Bonchev–Trinajstić information content (AvgIpc) is 3.16. The van der Waals surface area contributed by atoms with Crippen molar-refractivity contribution >= 4 is 0 Å². The van der Waals surface area contributed by atoms with E-state index in [4.69, 9.17) is 4.74 Å². The van der Waals surface area contributed by atoms with E-state index in [9.17, 15) is 0 Å². The lowest BCUT2D eigenvalue weighted by Crippen LogP contribution is -2.64. The first-order valence-corrected chi connectivity index (χ1v) is 7.26. The Morgan fingerprint density at radius 1 is 1.35 bits per heavy atom. The minimum atomic E-state index is 0.322. The molecule has 0 aromatic carbocycles. The monoisotopic (exact) mass is 240 g/mol. The van der Waals surface area contributed by atoms with Crippen LogP contribution in [0.4, 0.5) is 0 Å². The van der Waals surface area contributed by atoms with Gasteiger partial charge in [-0.2, -0.15) is 0 Å². The Labute approximate surface area is 106 Å². The van der Waals surface area contributed by atoms with Crippen molar-refractivity contribution in [2.24, 2.45) is 5.92 Å². The van der Waals surface area contributed by atoms with Gasteiger partial charge in [0, 0.05) is 37.8 Å². The zero-order chi connectivity index (χ0) is 12.3. The van der Waals surface area contributed by atoms with Gasteiger partial charge in [-0.3, -0.25) is 4.90 Å². The fourth-order valence-corrected chi connectivity index (χ4v) is 2.83. The number of hydrogen-bond donors (Lipinski definition) is 1. The van der Waals surface area contributed by atoms with Crippen molar-refractivity contribution in [3.05, 3.63) is 0 Å². The van der Waals surface area contributed by atoms with Gasteiger partial charge in [0.25, 0.3) is 0 Å². The van der Waals surface area contributed by atoms with Crippen LogP contribution in [-0.2, 0) is 4.74 Å². The second-order valence-corrected chi connectivity index (χ2v) is 5.82. The van der Waals surface area contributed by atoms with Crippen LogP contribution in [0.15, 0.2) is 0 Å². The quantitative estimate of drug-likeness (QED) is 0.717. The van der Waals surface area contributed by atoms with E-state index in [1.54, 1.807) is 0 Å². The molecule has 1 aliphatic heterocycles. The van der Waals surface area contributed by atoms with Crippen LogP contribution in [0.1, 0.15) is 40.0 Å². The number of rotatable bonds is 6. The summed E-state index contributed by atoms with van der Waals surface area (Å²) in [6.07, 6.45) is 4.07. The Bertz CT molecular complexity index is 242. The first kappa shape index (κ1) is 13.3. The third-order valence-electron chi connectivity index (χ3n) is 4.59. The number of piperazine rings is 1. The zero-order valence-electron chi connectivity index (χ0n) is 11.7. The molecule has 2 rings (SSSR count). The lowest BCUT2D eigenvalue weighted by molar-refractivity contribution is 0.0160. The molecule has 1 N–H and O–H groups in total. The maximum Gasteiger partial charge on any atom is 0.0593 e. The van der Waals surface area contributed by atoms with E-state index in [0.717, 1.165) is 38.3 Å². The molecule has 0 aromatic heterocycles. The largest absolute Gasteiger partial charge is 0.380 e. The zero-order valence-corrected chi connectivity index (χ0v) is 11.7. The van der Waals surface area contributed by atoms with Gasteiger partial charge in [-0.15, -0.1) is 0 Å². The van der Waals surface area contributed by atoms with Crippen LogP contribution >= 0.6 is 0 Å². The summed E-state index contributed by atoms with van der Waals surface area (Å²) in [5.74, 6) is 0.950. The van der Waals surface area contributed by atoms with Crippen LogP contribution in [0.2, 0.25) is 0 Å². The number of nitrogens with one attached hydrogen (secondary N) is 1. The van der Waals surface area contributed by atoms with Gasteiger partial charge >= 0.3 is 0 Å². The lowest BCUT2D eigenvalue weighted by atomic mass is 9.91. The van der Waals surface area contributed by atoms with E-state index in [0.29, 0.717) is 5.54 Å². The van der Waals surface area contributed by atoms with E-state index in [2.05, 4.69) is 31.0 Å². The van der Waals surface area contributed by atoms with Crippen LogP contribution in [-0.4, -0.2) is 49.3 Å². The highest BCUT2D eigenvalue weighted by Gasteiger charge is 2.41. The smallest absolute Gasteiger partial charge is 0.0593 e. The maximum atomic E-state index is 5.52. The lowest BCUT2D eigenvalue weighted by Gasteiger charge is -2.48. The molecule has 0 aromatic rings. The molecule has 100 valence electrons. The summed E-state index contributed by atoms with van der Waals surface area (Å²) >= 11 is 0. The van der Waals surface area contributed by atoms with E-state index in [-0.39, 0.29) is 0 Å². The highest BCUT2D eigenvalue weighted by atomic mass is 16.5. The van der Waals surface area contributed by atoms with Crippen LogP contribution in [0.5, 0.6) is 0 Å². The van der Waals surface area contributed by atoms with Crippen molar-refractivity contribution in [1.29, 1.82) is 0 Å². The minimum absolute atomic E-state index is 0.322. The summed E-state index contributed by atoms with van der Waals surface area (Å²) in [5.41, 5.74) is 0.322. The molecule has 3 nitrogen and oxygen atoms in total. The fourth-order valence-electron chi connectivity index (χ4n) is 2.83. The van der Waals surface area contributed by atoms with Crippen molar-refractivity contribution in [2.45, 2.75) is 51.6 Å². The first-order chi connectivity index (χ1) is 8.19. The van der Waals surface area contributed by atoms with E-state index in [1.165, 1.54) is 25.8 Å². The average molecular weight is 240 g/mol. The van der Waals surface area contributed by atoms with Crippen molar-refractivity contribution in [3.63, 3.8) is 0 Å². The molecule has 2 aliphatic rings. The Balaban J connectivity index is 1.89. The van der Waals surface area contributed by atoms with Gasteiger partial charge in [0.1, 0.15) is 0 Å². The molecule has 0 spiro atoms. The van der Waals surface area contributed by atoms with Gasteiger partial charge in [-0.05, 0) is 39.0 Å². The summed E-state index contributed by atoms with van der Waals surface area (Å²) < 4.78 is 5.52. The van der Waals surface area contributed by atoms with Crippen LogP contribution < -0.4 is 5.32 Å². The predicted octanol–water partition coefficient (Wildman–Crippen LogP) is 1.88. The van der Waals surface area contributed by atoms with E-state index >= 15 is 0 Å². The summed E-state index contributed by atoms with van der Waals surface area (Å²) in [6.45, 7) is 11.9. The van der Waals surface area contributed by atoms with E-state index in [1.807, 2.05) is 0 Å². The molecule has 17 heavy (non-hydrogen) atoms. The molecule has 1 heterocycles. The van der Waals surface area contributed by atoms with Crippen molar-refractivity contribution in [3.8, 4) is 0 Å². The highest BCUT2D eigenvalue weighted by molar-refractivity contribution is 4.99. The van der Waals surface area contributed by atoms with Gasteiger partial charge < -0.3 is 10.1 Å². The van der Waals surface area contributed by atoms with Crippen molar-refractivity contribution < 1.29 is 4.74 Å². The highest BCUT2D eigenvalue weighted by Crippen LogP contribution is 2.36. The van der Waals surface area contributed by atoms with Crippen LogP contribution in [0.3, 0.4) is 0 Å². The topological polar surface area (TPSA) is 24.5 Å². The standard InChI is InChI=1S/C14H28N2O/c1-4-14(3)11-15-13(12-6-7-12)10-16(14)8-9-17-5-2/h12-13,15H,4-11H2,1-3H3. The van der Waals surface area contributed by atoms with E-state index < -0.39 is 0 Å². The third-order valence-corrected chi connectivity index (χ3v) is 4.59. The first-order valence-electron chi connectivity index (χ1n) is 7.26. The molecular formula is C14H28N2O. The molecular weight excluding hydrogens is 212 g/mol. The molecule has 2 atom stereocenters. The Morgan fingerprint density at radius 2 is 2.12 bits per heavy atom. The molecule has 3 heteroatoms. The molecule has 2 unspecified atom stereocenters. The van der Waals surface area contributed by atoms with Crippen molar-refractivity contribution in [2.75, 3.05) is 32.8 Å². The van der Waals surface area contributed by atoms with Gasteiger partial charge in [-0.25, -0.2) is 0 Å². The molecule has 1 aliphatic carbocycles. The number of ether oxygens (including phenoxy) is 1. The molecule has 1 saturated heterocycles. The maximum absolute atomic E-state index is 5.52. The van der Waals surface area contributed by atoms with Crippen LogP contribution in [0.25, 0.3) is 0 Å².